The summed E-state index contributed by atoms with van der Waals surface area (Å²) >= 11 is 0. The summed E-state index contributed by atoms with van der Waals surface area (Å²) in [5.41, 5.74) is 1.17. The van der Waals surface area contributed by atoms with Gasteiger partial charge in [-0.2, -0.15) is 0 Å². The van der Waals surface area contributed by atoms with E-state index in [0.717, 1.165) is 18.8 Å². The molecule has 0 amide bonds. The van der Waals surface area contributed by atoms with Gasteiger partial charge in [0, 0.05) is 6.54 Å². The van der Waals surface area contributed by atoms with Crippen LogP contribution in [0.15, 0.2) is 36.4 Å². The van der Waals surface area contributed by atoms with Crippen LogP contribution in [-0.2, 0) is 6.54 Å². The average Bonchev–Trinajstić information content (AvgIpc) is 2.37. The normalized spacial score (nSPS) is 11.8. The zero-order valence-electron chi connectivity index (χ0n) is 13.0. The fourth-order valence-corrected chi connectivity index (χ4v) is 2.21. The van der Waals surface area contributed by atoms with Crippen molar-refractivity contribution in [1.29, 1.82) is 0 Å². The van der Waals surface area contributed by atoms with E-state index in [0.29, 0.717) is 0 Å². The van der Waals surface area contributed by atoms with Crippen LogP contribution in [0.25, 0.3) is 10.8 Å². The molecule has 0 spiro atoms. The van der Waals surface area contributed by atoms with E-state index in [-0.39, 0.29) is 5.60 Å². The standard InChI is InChI=1S/C18H25NO/c1-5-10-19-13-14-6-7-16-12-17(20-18(2,3)4)9-8-15(16)11-14/h6-9,11-12,19H,5,10,13H2,1-4H3. The molecule has 2 aromatic carbocycles. The van der Waals surface area contributed by atoms with Crippen molar-refractivity contribution in [1.82, 2.24) is 5.32 Å². The second-order valence-electron chi connectivity index (χ2n) is 6.23. The molecule has 0 aliphatic heterocycles. The third-order valence-corrected chi connectivity index (χ3v) is 3.06. The molecule has 108 valence electrons. The Hall–Kier alpha value is -1.54. The van der Waals surface area contributed by atoms with E-state index in [1.807, 2.05) is 0 Å². The van der Waals surface area contributed by atoms with Crippen molar-refractivity contribution >= 4 is 10.8 Å². The van der Waals surface area contributed by atoms with Crippen LogP contribution in [0.1, 0.15) is 39.7 Å². The first-order valence-corrected chi connectivity index (χ1v) is 7.40. The lowest BCUT2D eigenvalue weighted by Crippen LogP contribution is -2.22. The highest BCUT2D eigenvalue weighted by atomic mass is 16.5. The predicted octanol–water partition coefficient (Wildman–Crippen LogP) is 4.52. The SMILES string of the molecule is CCCNCc1ccc2cc(OC(C)(C)C)ccc2c1. The Balaban J connectivity index is 2.16. The highest BCUT2D eigenvalue weighted by Gasteiger charge is 2.11. The highest BCUT2D eigenvalue weighted by Crippen LogP contribution is 2.24. The van der Waals surface area contributed by atoms with Crippen molar-refractivity contribution in [2.75, 3.05) is 6.54 Å². The molecule has 0 unspecified atom stereocenters. The first-order valence-electron chi connectivity index (χ1n) is 7.40. The van der Waals surface area contributed by atoms with Gasteiger partial charge in [0.15, 0.2) is 0 Å². The third-order valence-electron chi connectivity index (χ3n) is 3.06. The van der Waals surface area contributed by atoms with Crippen molar-refractivity contribution in [3.8, 4) is 5.75 Å². The van der Waals surface area contributed by atoms with E-state index < -0.39 is 0 Å². The van der Waals surface area contributed by atoms with E-state index in [2.05, 4.69) is 69.4 Å². The topological polar surface area (TPSA) is 21.3 Å². The molecular formula is C18H25NO. The number of rotatable bonds is 5. The van der Waals surface area contributed by atoms with Crippen LogP contribution < -0.4 is 10.1 Å². The number of benzene rings is 2. The summed E-state index contributed by atoms with van der Waals surface area (Å²) in [6, 6.07) is 12.9. The van der Waals surface area contributed by atoms with Gasteiger partial charge >= 0.3 is 0 Å². The van der Waals surface area contributed by atoms with Gasteiger partial charge in [0.1, 0.15) is 11.4 Å². The molecule has 0 aliphatic carbocycles. The summed E-state index contributed by atoms with van der Waals surface area (Å²) in [5, 5.41) is 5.93. The van der Waals surface area contributed by atoms with E-state index in [9.17, 15) is 0 Å². The second kappa shape index (κ2) is 6.27. The lowest BCUT2D eigenvalue weighted by molar-refractivity contribution is 0.131. The van der Waals surface area contributed by atoms with Gasteiger partial charge < -0.3 is 10.1 Å². The summed E-state index contributed by atoms with van der Waals surface area (Å²) in [6.07, 6.45) is 1.17. The largest absolute Gasteiger partial charge is 0.488 e. The highest BCUT2D eigenvalue weighted by molar-refractivity contribution is 5.84. The molecule has 2 rings (SSSR count). The number of ether oxygens (including phenoxy) is 1. The second-order valence-corrected chi connectivity index (χ2v) is 6.23. The average molecular weight is 271 g/mol. The number of hydrogen-bond donors (Lipinski definition) is 1. The minimum absolute atomic E-state index is 0.155. The van der Waals surface area contributed by atoms with Gasteiger partial charge in [-0.15, -0.1) is 0 Å². The first kappa shape index (κ1) is 14.9. The maximum absolute atomic E-state index is 5.91. The van der Waals surface area contributed by atoms with Crippen LogP contribution in [0.3, 0.4) is 0 Å². The predicted molar refractivity (Wildman–Crippen MR) is 86.3 cm³/mol. The van der Waals surface area contributed by atoms with Crippen molar-refractivity contribution in [3.63, 3.8) is 0 Å². The molecule has 0 saturated heterocycles. The summed E-state index contributed by atoms with van der Waals surface area (Å²) < 4.78 is 5.91. The van der Waals surface area contributed by atoms with Gasteiger partial charge in [0.2, 0.25) is 0 Å². The maximum atomic E-state index is 5.91. The minimum atomic E-state index is -0.155. The Labute approximate surface area is 122 Å². The zero-order chi connectivity index (χ0) is 14.6. The van der Waals surface area contributed by atoms with Gasteiger partial charge in [0.05, 0.1) is 0 Å². The van der Waals surface area contributed by atoms with Gasteiger partial charge in [0.25, 0.3) is 0 Å². The van der Waals surface area contributed by atoms with Crippen LogP contribution in [0.2, 0.25) is 0 Å². The molecule has 20 heavy (non-hydrogen) atoms. The van der Waals surface area contributed by atoms with Gasteiger partial charge in [-0.05, 0) is 68.3 Å². The molecule has 0 bridgehead atoms. The maximum Gasteiger partial charge on any atom is 0.120 e. The Morgan fingerprint density at radius 3 is 2.40 bits per heavy atom. The lowest BCUT2D eigenvalue weighted by Gasteiger charge is -2.21. The molecule has 0 fully saturated rings. The van der Waals surface area contributed by atoms with E-state index in [4.69, 9.17) is 4.74 Å². The number of fused-ring (bicyclic) bond motifs is 1. The van der Waals surface area contributed by atoms with Crippen molar-refractivity contribution in [3.05, 3.63) is 42.0 Å². The molecule has 1 N–H and O–H groups in total. The van der Waals surface area contributed by atoms with Gasteiger partial charge in [-0.25, -0.2) is 0 Å². The molecule has 0 aromatic heterocycles. The molecule has 0 radical (unpaired) electrons. The summed E-state index contributed by atoms with van der Waals surface area (Å²) in [5.74, 6) is 0.932. The lowest BCUT2D eigenvalue weighted by atomic mass is 10.1. The third kappa shape index (κ3) is 4.24. The molecule has 0 heterocycles. The Morgan fingerprint density at radius 1 is 1.00 bits per heavy atom. The first-order chi connectivity index (χ1) is 9.48. The molecule has 2 heteroatoms. The van der Waals surface area contributed by atoms with Crippen molar-refractivity contribution < 1.29 is 4.74 Å². The van der Waals surface area contributed by atoms with Crippen LogP contribution in [0, 0.1) is 0 Å². The van der Waals surface area contributed by atoms with Crippen LogP contribution >= 0.6 is 0 Å². The number of nitrogens with one attached hydrogen (secondary N) is 1. The Kier molecular flexibility index (Phi) is 4.66. The number of hydrogen-bond acceptors (Lipinski definition) is 2. The van der Waals surface area contributed by atoms with Crippen molar-refractivity contribution in [2.24, 2.45) is 0 Å². The van der Waals surface area contributed by atoms with E-state index in [1.165, 1.54) is 22.8 Å². The summed E-state index contributed by atoms with van der Waals surface area (Å²) in [7, 11) is 0. The molecule has 0 saturated carbocycles. The zero-order valence-corrected chi connectivity index (χ0v) is 13.0. The summed E-state index contributed by atoms with van der Waals surface area (Å²) in [4.78, 5) is 0. The van der Waals surface area contributed by atoms with Gasteiger partial charge in [-0.1, -0.05) is 25.1 Å². The minimum Gasteiger partial charge on any atom is -0.488 e. The molecule has 2 nitrogen and oxygen atoms in total. The Morgan fingerprint density at radius 2 is 1.70 bits per heavy atom. The molecule has 0 atom stereocenters. The summed E-state index contributed by atoms with van der Waals surface area (Å²) in [6.45, 7) is 10.4. The molecular weight excluding hydrogens is 246 g/mol. The van der Waals surface area contributed by atoms with Crippen LogP contribution in [-0.4, -0.2) is 12.1 Å². The van der Waals surface area contributed by atoms with Crippen LogP contribution in [0.4, 0.5) is 0 Å². The van der Waals surface area contributed by atoms with E-state index in [1.54, 1.807) is 0 Å². The molecule has 0 aliphatic rings. The molecule has 2 aromatic rings. The van der Waals surface area contributed by atoms with E-state index >= 15 is 0 Å². The fourth-order valence-electron chi connectivity index (χ4n) is 2.21. The fraction of sp³-hybridized carbons (Fsp3) is 0.444. The monoisotopic (exact) mass is 271 g/mol. The smallest absolute Gasteiger partial charge is 0.120 e. The van der Waals surface area contributed by atoms with Gasteiger partial charge in [-0.3, -0.25) is 0 Å². The van der Waals surface area contributed by atoms with Crippen molar-refractivity contribution in [2.45, 2.75) is 46.3 Å². The Bertz CT molecular complexity index is 569. The quantitative estimate of drug-likeness (QED) is 0.807. The van der Waals surface area contributed by atoms with Crippen LogP contribution in [0.5, 0.6) is 5.75 Å².